The number of likely N-dealkylation sites (tertiary alicyclic amines) is 1. The zero-order chi connectivity index (χ0) is 28.3. The Hall–Kier alpha value is -3.02. The minimum atomic E-state index is -1.03. The van der Waals surface area contributed by atoms with Crippen molar-refractivity contribution >= 4 is 35.3 Å². The van der Waals surface area contributed by atoms with Gasteiger partial charge in [0.05, 0.1) is 33.9 Å². The van der Waals surface area contributed by atoms with Crippen LogP contribution in [0.4, 0.5) is 10.5 Å². The maximum absolute atomic E-state index is 13.3. The van der Waals surface area contributed by atoms with E-state index in [9.17, 15) is 19.5 Å². The molecule has 1 aromatic carbocycles. The van der Waals surface area contributed by atoms with Crippen LogP contribution in [-0.2, 0) is 14.3 Å². The van der Waals surface area contributed by atoms with Crippen molar-refractivity contribution in [2.75, 3.05) is 25.1 Å². The number of alkyl carbamates (subject to hydrolysis) is 1. The molecule has 38 heavy (non-hydrogen) atoms. The average Bonchev–Trinajstić information content (AvgIpc) is 3.40. The van der Waals surface area contributed by atoms with Gasteiger partial charge in [-0.3, -0.25) is 24.9 Å². The monoisotopic (exact) mass is 545 g/mol. The van der Waals surface area contributed by atoms with E-state index in [1.807, 2.05) is 62.4 Å². The molecule has 1 fully saturated rings. The second kappa shape index (κ2) is 11.8. The van der Waals surface area contributed by atoms with Crippen molar-refractivity contribution in [1.29, 1.82) is 0 Å². The van der Waals surface area contributed by atoms with E-state index >= 15 is 0 Å². The number of aryl methyl sites for hydroxylation is 1. The minimum Gasteiger partial charge on any atom is -0.438 e. The number of β-amino-alcohol motifs (C(OH)–C–C–N with tert-alkyl or cyclic N) is 1. The highest BCUT2D eigenvalue weighted by molar-refractivity contribution is 7.13. The lowest BCUT2D eigenvalue weighted by Crippen LogP contribution is -2.53. The fourth-order valence-electron chi connectivity index (χ4n) is 4.48. The number of aldehydes is 1. The number of thiazole rings is 1. The summed E-state index contributed by atoms with van der Waals surface area (Å²) in [5, 5.41) is 14.7. The number of hydrogen-bond acceptors (Lipinski definition) is 9. The molecule has 2 amide bonds. The van der Waals surface area contributed by atoms with E-state index in [0.29, 0.717) is 6.29 Å². The Morgan fingerprint density at radius 2 is 1.92 bits per heavy atom. The van der Waals surface area contributed by atoms with E-state index < -0.39 is 35.3 Å². The molecule has 1 aliphatic rings. The van der Waals surface area contributed by atoms with Crippen LogP contribution in [0.3, 0.4) is 0 Å². The van der Waals surface area contributed by atoms with Crippen LogP contribution in [-0.4, -0.2) is 77.2 Å². The van der Waals surface area contributed by atoms with Gasteiger partial charge in [0, 0.05) is 31.1 Å². The molecule has 1 aromatic heterocycles. The number of aliphatic hydroxyl groups is 1. The largest absolute Gasteiger partial charge is 0.438 e. The standard InChI is InChI=1S/C27H39N5O5S/c1-17-23(38-16-28-17)18-8-10-19(11-9-18)31(7)30-24(35)21-12-20(34)13-32(21)15-27(5,6)22(14-33)37-25(36)29-26(2,3)4/h8-11,14,16,20-22,34H,12-13,15H2,1-7H3,(H,29,36)(H,30,35)/t20-,21+,22-/m1/s1. The lowest BCUT2D eigenvalue weighted by Gasteiger charge is -2.36. The first-order chi connectivity index (χ1) is 17.7. The van der Waals surface area contributed by atoms with E-state index in [4.69, 9.17) is 4.74 Å². The maximum Gasteiger partial charge on any atom is 0.408 e. The summed E-state index contributed by atoms with van der Waals surface area (Å²) in [7, 11) is 1.76. The molecule has 3 atom stereocenters. The van der Waals surface area contributed by atoms with Crippen LogP contribution in [0.5, 0.6) is 0 Å². The van der Waals surface area contributed by atoms with Gasteiger partial charge in [-0.25, -0.2) is 9.78 Å². The van der Waals surface area contributed by atoms with Crippen LogP contribution in [0.15, 0.2) is 29.8 Å². The van der Waals surface area contributed by atoms with E-state index in [1.165, 1.54) is 0 Å². The molecule has 0 bridgehead atoms. The number of nitrogens with zero attached hydrogens (tertiary/aromatic N) is 3. The van der Waals surface area contributed by atoms with Crippen LogP contribution in [0, 0.1) is 12.3 Å². The van der Waals surface area contributed by atoms with Gasteiger partial charge in [0.1, 0.15) is 0 Å². The predicted molar refractivity (Wildman–Crippen MR) is 148 cm³/mol. The van der Waals surface area contributed by atoms with Crippen molar-refractivity contribution in [1.82, 2.24) is 20.6 Å². The number of rotatable bonds is 9. The molecule has 0 unspecified atom stereocenters. The summed E-state index contributed by atoms with van der Waals surface area (Å²) in [5.41, 5.74) is 6.24. The fourth-order valence-corrected chi connectivity index (χ4v) is 5.29. The Bertz CT molecular complexity index is 1130. The molecule has 2 aromatic rings. The van der Waals surface area contributed by atoms with E-state index in [-0.39, 0.29) is 25.4 Å². The summed E-state index contributed by atoms with van der Waals surface area (Å²) in [6.45, 7) is 11.6. The van der Waals surface area contributed by atoms with E-state index in [1.54, 1.807) is 37.2 Å². The number of benzene rings is 1. The Balaban J connectivity index is 1.65. The molecule has 1 saturated heterocycles. The zero-order valence-corrected chi connectivity index (χ0v) is 24.0. The van der Waals surface area contributed by atoms with Gasteiger partial charge in [0.2, 0.25) is 0 Å². The number of anilines is 1. The maximum atomic E-state index is 13.3. The smallest absolute Gasteiger partial charge is 0.408 e. The predicted octanol–water partition coefficient (Wildman–Crippen LogP) is 3.14. The first kappa shape index (κ1) is 29.5. The van der Waals surface area contributed by atoms with E-state index in [2.05, 4.69) is 15.7 Å². The van der Waals surface area contributed by atoms with Crippen LogP contribution in [0.2, 0.25) is 0 Å². The SMILES string of the molecule is Cc1ncsc1-c1ccc(N(C)NC(=O)[C@@H]2C[C@@H](O)CN2CC(C)(C)[C@@H](C=O)OC(=O)NC(C)(C)C)cc1. The normalized spacial score (nSPS) is 19.1. The van der Waals surface area contributed by atoms with Crippen LogP contribution < -0.4 is 15.8 Å². The lowest BCUT2D eigenvalue weighted by molar-refractivity contribution is -0.127. The topological polar surface area (TPSA) is 124 Å². The van der Waals surface area contributed by atoms with E-state index in [0.717, 1.165) is 21.8 Å². The summed E-state index contributed by atoms with van der Waals surface area (Å²) in [5.74, 6) is -0.267. The number of ether oxygens (including phenoxy) is 1. The molecule has 0 spiro atoms. The van der Waals surface area contributed by atoms with Crippen molar-refractivity contribution in [3.63, 3.8) is 0 Å². The number of amides is 2. The van der Waals surface area contributed by atoms with Crippen molar-refractivity contribution in [2.45, 2.75) is 71.8 Å². The van der Waals surface area contributed by atoms with Crippen molar-refractivity contribution in [3.8, 4) is 10.4 Å². The highest BCUT2D eigenvalue weighted by Crippen LogP contribution is 2.30. The second-order valence-corrected chi connectivity index (χ2v) is 12.4. The van der Waals surface area contributed by atoms with Crippen molar-refractivity contribution in [2.24, 2.45) is 5.41 Å². The van der Waals surface area contributed by atoms with Gasteiger partial charge in [0.15, 0.2) is 12.4 Å². The third kappa shape index (κ3) is 7.52. The van der Waals surface area contributed by atoms with Gasteiger partial charge in [-0.2, -0.15) is 0 Å². The van der Waals surface area contributed by atoms with Gasteiger partial charge in [-0.1, -0.05) is 26.0 Å². The molecule has 11 heteroatoms. The Labute approximate surface area is 228 Å². The molecular weight excluding hydrogens is 506 g/mol. The van der Waals surface area contributed by atoms with Gasteiger partial charge in [-0.05, 0) is 51.8 Å². The zero-order valence-electron chi connectivity index (χ0n) is 23.1. The van der Waals surface area contributed by atoms with Crippen molar-refractivity contribution < 1.29 is 24.2 Å². The first-order valence-electron chi connectivity index (χ1n) is 12.6. The Morgan fingerprint density at radius 3 is 2.47 bits per heavy atom. The number of carbonyl (C=O) groups is 3. The molecule has 10 nitrogen and oxygen atoms in total. The summed E-state index contributed by atoms with van der Waals surface area (Å²) in [4.78, 5) is 44.7. The molecule has 0 saturated carbocycles. The molecule has 1 aliphatic heterocycles. The third-order valence-electron chi connectivity index (χ3n) is 6.44. The molecule has 2 heterocycles. The van der Waals surface area contributed by atoms with Gasteiger partial charge in [-0.15, -0.1) is 11.3 Å². The summed E-state index contributed by atoms with van der Waals surface area (Å²) in [6, 6.07) is 7.22. The number of aromatic nitrogens is 1. The van der Waals surface area contributed by atoms with Gasteiger partial charge in [0.25, 0.3) is 5.91 Å². The highest BCUT2D eigenvalue weighted by atomic mass is 32.1. The summed E-state index contributed by atoms with van der Waals surface area (Å²) < 4.78 is 5.42. The van der Waals surface area contributed by atoms with Gasteiger partial charge >= 0.3 is 6.09 Å². The fraction of sp³-hybridized carbons (Fsp3) is 0.556. The number of hydrogen-bond donors (Lipinski definition) is 3. The van der Waals surface area contributed by atoms with Crippen LogP contribution in [0.25, 0.3) is 10.4 Å². The number of nitrogens with one attached hydrogen (secondary N) is 2. The molecule has 0 radical (unpaired) electrons. The average molecular weight is 546 g/mol. The number of carbonyl (C=O) groups excluding carboxylic acids is 3. The molecule has 3 N–H and O–H groups in total. The molecule has 0 aliphatic carbocycles. The number of hydrazine groups is 1. The summed E-state index contributed by atoms with van der Waals surface area (Å²) in [6.07, 6.45) is -1.54. The molecular formula is C27H39N5O5S. The van der Waals surface area contributed by atoms with Crippen LogP contribution in [0.1, 0.15) is 46.7 Å². The van der Waals surface area contributed by atoms with Crippen molar-refractivity contribution in [3.05, 3.63) is 35.5 Å². The quantitative estimate of drug-likeness (QED) is 0.324. The van der Waals surface area contributed by atoms with Gasteiger partial charge < -0.3 is 15.2 Å². The minimum absolute atomic E-state index is 0.260. The Morgan fingerprint density at radius 1 is 1.26 bits per heavy atom. The Kier molecular flexibility index (Phi) is 9.17. The first-order valence-corrected chi connectivity index (χ1v) is 13.5. The third-order valence-corrected chi connectivity index (χ3v) is 7.42. The van der Waals surface area contributed by atoms with Crippen LogP contribution >= 0.6 is 11.3 Å². The molecule has 3 rings (SSSR count). The summed E-state index contributed by atoms with van der Waals surface area (Å²) >= 11 is 1.58. The molecule has 208 valence electrons. The number of aliphatic hydroxyl groups excluding tert-OH is 1. The second-order valence-electron chi connectivity index (χ2n) is 11.5. The lowest BCUT2D eigenvalue weighted by atomic mass is 9.86. The highest BCUT2D eigenvalue weighted by Gasteiger charge is 2.42.